The van der Waals surface area contributed by atoms with Crippen molar-refractivity contribution in [3.05, 3.63) is 0 Å². The second-order valence-corrected chi connectivity index (χ2v) is 7.51. The highest BCUT2D eigenvalue weighted by atomic mass is 32.2. The third kappa shape index (κ3) is 13.3. The van der Waals surface area contributed by atoms with Crippen LogP contribution in [0.3, 0.4) is 0 Å². The summed E-state index contributed by atoms with van der Waals surface area (Å²) in [7, 11) is 1.31. The first-order valence-corrected chi connectivity index (χ1v) is 9.34. The third-order valence-corrected chi connectivity index (χ3v) is 3.87. The molecule has 26 heavy (non-hydrogen) atoms. The summed E-state index contributed by atoms with van der Waals surface area (Å²) in [6, 6.07) is -1.08. The number of aliphatic carboxylic acids is 1. The molecule has 0 aliphatic carbocycles. The quantitative estimate of drug-likeness (QED) is 0.353. The second kappa shape index (κ2) is 12.4. The Morgan fingerprint density at radius 2 is 1.85 bits per heavy atom. The normalized spacial score (nSPS) is 12.0. The van der Waals surface area contributed by atoms with Crippen LogP contribution in [0.5, 0.6) is 0 Å². The Labute approximate surface area is 157 Å². The molecule has 0 aliphatic rings. The monoisotopic (exact) mass is 392 g/mol. The first-order valence-electron chi connectivity index (χ1n) is 8.18. The van der Waals surface area contributed by atoms with Crippen LogP contribution in [0.1, 0.15) is 40.0 Å². The van der Waals surface area contributed by atoms with Gasteiger partial charge in [0.1, 0.15) is 11.6 Å². The highest BCUT2D eigenvalue weighted by Gasteiger charge is 2.23. The predicted octanol–water partition coefficient (Wildman–Crippen LogP) is 1.16. The van der Waals surface area contributed by atoms with Crippen LogP contribution < -0.4 is 10.6 Å². The van der Waals surface area contributed by atoms with Gasteiger partial charge in [-0.15, -0.1) is 0 Å². The molecule has 2 amide bonds. The Bertz CT molecular complexity index is 491. The van der Waals surface area contributed by atoms with Crippen molar-refractivity contribution in [1.82, 2.24) is 10.6 Å². The molecule has 0 aliphatic heterocycles. The summed E-state index contributed by atoms with van der Waals surface area (Å²) in [5, 5.41) is 14.1. The second-order valence-electron chi connectivity index (χ2n) is 6.41. The summed E-state index contributed by atoms with van der Waals surface area (Å²) in [5.74, 6) is -1.15. The van der Waals surface area contributed by atoms with E-state index in [0.29, 0.717) is 18.7 Å². The molecule has 0 spiro atoms. The number of carbonyl (C=O) groups excluding carboxylic acids is 3. The van der Waals surface area contributed by atoms with Crippen molar-refractivity contribution < 1.29 is 33.8 Å². The first-order chi connectivity index (χ1) is 12.0. The number of thioether (sulfide) groups is 1. The molecule has 0 aromatic carbocycles. The van der Waals surface area contributed by atoms with Crippen molar-refractivity contribution >= 4 is 35.7 Å². The molecule has 150 valence electrons. The lowest BCUT2D eigenvalue weighted by Gasteiger charge is -2.21. The molecule has 10 heteroatoms. The highest BCUT2D eigenvalue weighted by molar-refractivity contribution is 7.99. The number of rotatable bonds is 11. The first kappa shape index (κ1) is 24.0. The maximum atomic E-state index is 11.6. The van der Waals surface area contributed by atoms with Gasteiger partial charge in [-0.05, 0) is 39.4 Å². The van der Waals surface area contributed by atoms with Crippen molar-refractivity contribution in [2.45, 2.75) is 51.7 Å². The number of esters is 1. The van der Waals surface area contributed by atoms with Gasteiger partial charge in [-0.3, -0.25) is 9.59 Å². The smallest absolute Gasteiger partial charge is 0.408 e. The van der Waals surface area contributed by atoms with Crippen LogP contribution in [-0.4, -0.2) is 65.8 Å². The molecule has 0 saturated heterocycles. The number of ether oxygens (including phenoxy) is 2. The zero-order chi connectivity index (χ0) is 20.2. The number of methoxy groups -OCH3 is 1. The number of carbonyl (C=O) groups is 4. The fourth-order valence-electron chi connectivity index (χ4n) is 1.69. The fraction of sp³-hybridized carbons (Fsp3) is 0.750. The van der Waals surface area contributed by atoms with Gasteiger partial charge < -0.3 is 25.2 Å². The van der Waals surface area contributed by atoms with E-state index in [1.165, 1.54) is 18.9 Å². The highest BCUT2D eigenvalue weighted by Crippen LogP contribution is 2.09. The largest absolute Gasteiger partial charge is 0.480 e. The minimum Gasteiger partial charge on any atom is -0.480 e. The molecule has 1 atom stereocenters. The average Bonchev–Trinajstić information content (AvgIpc) is 2.52. The molecule has 0 radical (unpaired) electrons. The number of carboxylic acid groups (broad SMARTS) is 1. The number of nitrogens with one attached hydrogen (secondary N) is 2. The molecule has 0 aromatic heterocycles. The van der Waals surface area contributed by atoms with Crippen molar-refractivity contribution in [3.8, 4) is 0 Å². The van der Waals surface area contributed by atoms with Gasteiger partial charge in [0.2, 0.25) is 5.91 Å². The molecule has 3 N–H and O–H groups in total. The van der Waals surface area contributed by atoms with Gasteiger partial charge in [0.05, 0.1) is 12.9 Å². The van der Waals surface area contributed by atoms with Gasteiger partial charge in [-0.2, -0.15) is 11.8 Å². The molecule has 0 fully saturated rings. The molecular formula is C16H28N2O7S. The van der Waals surface area contributed by atoms with E-state index < -0.39 is 23.7 Å². The summed E-state index contributed by atoms with van der Waals surface area (Å²) in [6.07, 6.45) is 0.0950. The van der Waals surface area contributed by atoms with Crippen LogP contribution in [0.15, 0.2) is 0 Å². The lowest BCUT2D eigenvalue weighted by molar-refractivity contribution is -0.141. The van der Waals surface area contributed by atoms with E-state index in [9.17, 15) is 19.2 Å². The molecule has 0 aromatic rings. The standard InChI is InChI=1S/C16H28N2O7S/c1-16(2,3)25-15(23)18-11(14(21)22)7-9-26-10-12(19)17-8-5-6-13(20)24-4/h11H,5-10H2,1-4H3,(H,17,19)(H,18,23)(H,21,22). The van der Waals surface area contributed by atoms with Crippen LogP contribution in [0.25, 0.3) is 0 Å². The Morgan fingerprint density at radius 1 is 1.19 bits per heavy atom. The van der Waals surface area contributed by atoms with E-state index >= 15 is 0 Å². The number of carboxylic acids is 1. The summed E-state index contributed by atoms with van der Waals surface area (Å²) < 4.78 is 9.52. The third-order valence-electron chi connectivity index (χ3n) is 2.88. The van der Waals surface area contributed by atoms with Gasteiger partial charge in [0.15, 0.2) is 0 Å². The summed E-state index contributed by atoms with van der Waals surface area (Å²) in [5.41, 5.74) is -0.714. The van der Waals surface area contributed by atoms with Crippen molar-refractivity contribution in [2.75, 3.05) is 25.2 Å². The molecule has 1 unspecified atom stereocenters. The zero-order valence-electron chi connectivity index (χ0n) is 15.6. The Hall–Kier alpha value is -1.97. The van der Waals surface area contributed by atoms with E-state index in [4.69, 9.17) is 9.84 Å². The van der Waals surface area contributed by atoms with Gasteiger partial charge >= 0.3 is 18.0 Å². The van der Waals surface area contributed by atoms with Crippen LogP contribution in [0, 0.1) is 0 Å². The summed E-state index contributed by atoms with van der Waals surface area (Å²) in [4.78, 5) is 45.3. The van der Waals surface area contributed by atoms with E-state index in [0.717, 1.165) is 0 Å². The number of alkyl carbamates (subject to hydrolysis) is 1. The minimum absolute atomic E-state index is 0.162. The Kier molecular flexibility index (Phi) is 11.5. The maximum absolute atomic E-state index is 11.6. The molecule has 0 bridgehead atoms. The van der Waals surface area contributed by atoms with Gasteiger partial charge in [0.25, 0.3) is 0 Å². The number of hydrogen-bond acceptors (Lipinski definition) is 7. The molecule has 0 saturated carbocycles. The van der Waals surface area contributed by atoms with E-state index in [2.05, 4.69) is 15.4 Å². The number of amides is 2. The van der Waals surface area contributed by atoms with Gasteiger partial charge in [0, 0.05) is 13.0 Å². The summed E-state index contributed by atoms with van der Waals surface area (Å²) in [6.45, 7) is 5.42. The van der Waals surface area contributed by atoms with Gasteiger partial charge in [-0.25, -0.2) is 9.59 Å². The SMILES string of the molecule is COC(=O)CCCNC(=O)CSCCC(NC(=O)OC(C)(C)C)C(=O)O. The van der Waals surface area contributed by atoms with E-state index in [-0.39, 0.29) is 30.5 Å². The van der Waals surface area contributed by atoms with E-state index in [1.807, 2.05) is 0 Å². The molecule has 9 nitrogen and oxygen atoms in total. The van der Waals surface area contributed by atoms with Crippen molar-refractivity contribution in [1.29, 1.82) is 0 Å². The van der Waals surface area contributed by atoms with Crippen LogP contribution >= 0.6 is 11.8 Å². The lowest BCUT2D eigenvalue weighted by Crippen LogP contribution is -2.43. The summed E-state index contributed by atoms with van der Waals surface area (Å²) >= 11 is 1.26. The number of hydrogen-bond donors (Lipinski definition) is 3. The van der Waals surface area contributed by atoms with Crippen LogP contribution in [0.2, 0.25) is 0 Å². The Balaban J connectivity index is 3.99. The molecular weight excluding hydrogens is 364 g/mol. The van der Waals surface area contributed by atoms with Crippen LogP contribution in [0.4, 0.5) is 4.79 Å². The predicted molar refractivity (Wildman–Crippen MR) is 97.0 cm³/mol. The molecule has 0 rings (SSSR count). The zero-order valence-corrected chi connectivity index (χ0v) is 16.4. The van der Waals surface area contributed by atoms with E-state index in [1.54, 1.807) is 20.8 Å². The van der Waals surface area contributed by atoms with Crippen molar-refractivity contribution in [3.63, 3.8) is 0 Å². The average molecular weight is 392 g/mol. The minimum atomic E-state index is -1.16. The lowest BCUT2D eigenvalue weighted by atomic mass is 10.2. The maximum Gasteiger partial charge on any atom is 0.408 e. The van der Waals surface area contributed by atoms with Crippen molar-refractivity contribution in [2.24, 2.45) is 0 Å². The van der Waals surface area contributed by atoms with Crippen LogP contribution in [-0.2, 0) is 23.9 Å². The van der Waals surface area contributed by atoms with Gasteiger partial charge in [-0.1, -0.05) is 0 Å². The molecule has 0 heterocycles. The fourth-order valence-corrected chi connectivity index (χ4v) is 2.52. The Morgan fingerprint density at radius 3 is 2.38 bits per heavy atom. The topological polar surface area (TPSA) is 131 Å².